The number of carbonyl (C=O) groups is 1. The Kier molecular flexibility index (Phi) is 6.59. The fraction of sp³-hybridized carbons (Fsp3) is 0.0833. The van der Waals surface area contributed by atoms with Gasteiger partial charge < -0.3 is 10.1 Å². The number of nitriles is 1. The standard InChI is InChI=1S/C24H20N2O2/c25-18-21-11-5-4-10-20(21)14-15-24(27)26-22-12-6-7-13-23(22)28-17-16-19-8-2-1-3-9-19/h1-15H,16-17H2,(H,26,27)/b15-14+. The van der Waals surface area contributed by atoms with Gasteiger partial charge in [0.15, 0.2) is 0 Å². The molecule has 0 radical (unpaired) electrons. The highest BCUT2D eigenvalue weighted by Crippen LogP contribution is 2.24. The second kappa shape index (κ2) is 9.75. The highest BCUT2D eigenvalue weighted by molar-refractivity contribution is 6.02. The highest BCUT2D eigenvalue weighted by atomic mass is 16.5. The molecule has 0 spiro atoms. The Balaban J connectivity index is 1.61. The van der Waals surface area contributed by atoms with E-state index in [0.29, 0.717) is 29.2 Å². The van der Waals surface area contributed by atoms with Crippen molar-refractivity contribution in [1.82, 2.24) is 0 Å². The van der Waals surface area contributed by atoms with E-state index in [4.69, 9.17) is 10.00 Å². The number of rotatable bonds is 7. The summed E-state index contributed by atoms with van der Waals surface area (Å²) in [6.45, 7) is 0.516. The summed E-state index contributed by atoms with van der Waals surface area (Å²) < 4.78 is 5.86. The van der Waals surface area contributed by atoms with Gasteiger partial charge in [0.1, 0.15) is 5.75 Å². The molecular formula is C24H20N2O2. The normalized spacial score (nSPS) is 10.4. The molecule has 0 saturated heterocycles. The van der Waals surface area contributed by atoms with E-state index < -0.39 is 0 Å². The summed E-state index contributed by atoms with van der Waals surface area (Å²) in [7, 11) is 0. The number of benzene rings is 3. The van der Waals surface area contributed by atoms with E-state index in [0.717, 1.165) is 6.42 Å². The Morgan fingerprint density at radius 3 is 2.50 bits per heavy atom. The number of hydrogen-bond donors (Lipinski definition) is 1. The molecule has 3 aromatic rings. The van der Waals surface area contributed by atoms with Crippen molar-refractivity contribution < 1.29 is 9.53 Å². The van der Waals surface area contributed by atoms with Crippen LogP contribution in [0.25, 0.3) is 6.08 Å². The Labute approximate surface area is 164 Å². The number of nitrogens with one attached hydrogen (secondary N) is 1. The van der Waals surface area contributed by atoms with Gasteiger partial charge in [0.05, 0.1) is 23.9 Å². The molecule has 0 heterocycles. The molecule has 0 atom stereocenters. The topological polar surface area (TPSA) is 62.1 Å². The highest BCUT2D eigenvalue weighted by Gasteiger charge is 2.06. The average Bonchev–Trinajstić information content (AvgIpc) is 2.74. The van der Waals surface area contributed by atoms with Gasteiger partial charge in [0, 0.05) is 12.5 Å². The minimum atomic E-state index is -0.285. The van der Waals surface area contributed by atoms with Crippen molar-refractivity contribution in [2.75, 3.05) is 11.9 Å². The second-order valence-corrected chi connectivity index (χ2v) is 6.10. The third kappa shape index (κ3) is 5.33. The Bertz CT molecular complexity index is 1000. The molecular weight excluding hydrogens is 348 g/mol. The number of ether oxygens (including phenoxy) is 1. The number of carbonyl (C=O) groups excluding carboxylic acids is 1. The fourth-order valence-electron chi connectivity index (χ4n) is 2.70. The van der Waals surface area contributed by atoms with E-state index >= 15 is 0 Å². The Morgan fingerprint density at radius 2 is 1.68 bits per heavy atom. The lowest BCUT2D eigenvalue weighted by Gasteiger charge is -2.11. The van der Waals surface area contributed by atoms with Crippen LogP contribution in [0.3, 0.4) is 0 Å². The van der Waals surface area contributed by atoms with Crippen molar-refractivity contribution >= 4 is 17.7 Å². The smallest absolute Gasteiger partial charge is 0.248 e. The van der Waals surface area contributed by atoms with Gasteiger partial charge in [-0.15, -0.1) is 0 Å². The van der Waals surface area contributed by atoms with Crippen molar-refractivity contribution in [3.63, 3.8) is 0 Å². The average molecular weight is 368 g/mol. The maximum absolute atomic E-state index is 12.3. The molecule has 0 aliphatic carbocycles. The lowest BCUT2D eigenvalue weighted by atomic mass is 10.1. The van der Waals surface area contributed by atoms with Gasteiger partial charge in [-0.3, -0.25) is 4.79 Å². The van der Waals surface area contributed by atoms with Crippen molar-refractivity contribution in [2.45, 2.75) is 6.42 Å². The summed E-state index contributed by atoms with van der Waals surface area (Å²) in [6, 6.07) is 26.7. The molecule has 0 aliphatic rings. The summed E-state index contributed by atoms with van der Waals surface area (Å²) in [6.07, 6.45) is 3.83. The first-order valence-corrected chi connectivity index (χ1v) is 9.00. The Hall–Kier alpha value is -3.84. The van der Waals surface area contributed by atoms with Gasteiger partial charge in [0.2, 0.25) is 5.91 Å². The van der Waals surface area contributed by atoms with Crippen molar-refractivity contribution in [1.29, 1.82) is 5.26 Å². The largest absolute Gasteiger partial charge is 0.491 e. The van der Waals surface area contributed by atoms with Crippen LogP contribution in [0.2, 0.25) is 0 Å². The molecule has 0 aliphatic heterocycles. The SMILES string of the molecule is N#Cc1ccccc1/C=C/C(=O)Nc1ccccc1OCCc1ccccc1. The zero-order chi connectivity index (χ0) is 19.6. The van der Waals surface area contributed by atoms with Crippen LogP contribution in [0.5, 0.6) is 5.75 Å². The minimum Gasteiger partial charge on any atom is -0.491 e. The number of hydrogen-bond acceptors (Lipinski definition) is 3. The molecule has 138 valence electrons. The van der Waals surface area contributed by atoms with Crippen LogP contribution in [0.4, 0.5) is 5.69 Å². The summed E-state index contributed by atoms with van der Waals surface area (Å²) >= 11 is 0. The minimum absolute atomic E-state index is 0.285. The van der Waals surface area contributed by atoms with Crippen molar-refractivity contribution in [2.24, 2.45) is 0 Å². The molecule has 0 aromatic heterocycles. The lowest BCUT2D eigenvalue weighted by Crippen LogP contribution is -2.10. The molecule has 1 amide bonds. The molecule has 4 nitrogen and oxygen atoms in total. The molecule has 0 saturated carbocycles. The number of amides is 1. The summed E-state index contributed by atoms with van der Waals surface area (Å²) in [5.41, 5.74) is 3.03. The number of anilines is 1. The van der Waals surface area contributed by atoms with E-state index in [1.807, 2.05) is 42.5 Å². The zero-order valence-corrected chi connectivity index (χ0v) is 15.3. The summed E-state index contributed by atoms with van der Waals surface area (Å²) in [5.74, 6) is 0.337. The quantitative estimate of drug-likeness (QED) is 0.608. The third-order valence-electron chi connectivity index (χ3n) is 4.13. The monoisotopic (exact) mass is 368 g/mol. The van der Waals surface area contributed by atoms with Gasteiger partial charge in [-0.1, -0.05) is 60.7 Å². The third-order valence-corrected chi connectivity index (χ3v) is 4.13. The molecule has 0 bridgehead atoms. The maximum Gasteiger partial charge on any atom is 0.248 e. The predicted molar refractivity (Wildman–Crippen MR) is 111 cm³/mol. The van der Waals surface area contributed by atoms with Gasteiger partial charge in [0.25, 0.3) is 0 Å². The fourth-order valence-corrected chi connectivity index (χ4v) is 2.70. The number of para-hydroxylation sites is 2. The van der Waals surface area contributed by atoms with Crippen LogP contribution >= 0.6 is 0 Å². The van der Waals surface area contributed by atoms with Gasteiger partial charge >= 0.3 is 0 Å². The summed E-state index contributed by atoms with van der Waals surface area (Å²) in [4.78, 5) is 12.3. The molecule has 0 fully saturated rings. The Morgan fingerprint density at radius 1 is 0.964 bits per heavy atom. The van der Waals surface area contributed by atoms with Crippen LogP contribution in [0.1, 0.15) is 16.7 Å². The van der Waals surface area contributed by atoms with Gasteiger partial charge in [-0.25, -0.2) is 0 Å². The van der Waals surface area contributed by atoms with Crippen LogP contribution in [-0.2, 0) is 11.2 Å². The lowest BCUT2D eigenvalue weighted by molar-refractivity contribution is -0.111. The van der Waals surface area contributed by atoms with Crippen molar-refractivity contribution in [3.8, 4) is 11.8 Å². The van der Waals surface area contributed by atoms with Crippen LogP contribution in [0, 0.1) is 11.3 Å². The first kappa shape index (κ1) is 18.9. The van der Waals surface area contributed by atoms with E-state index in [2.05, 4.69) is 23.5 Å². The molecule has 28 heavy (non-hydrogen) atoms. The van der Waals surface area contributed by atoms with Gasteiger partial charge in [-0.05, 0) is 35.4 Å². The molecule has 1 N–H and O–H groups in total. The molecule has 0 unspecified atom stereocenters. The second-order valence-electron chi connectivity index (χ2n) is 6.10. The van der Waals surface area contributed by atoms with E-state index in [9.17, 15) is 4.79 Å². The van der Waals surface area contributed by atoms with Crippen LogP contribution < -0.4 is 10.1 Å². The maximum atomic E-state index is 12.3. The van der Waals surface area contributed by atoms with Crippen molar-refractivity contribution in [3.05, 3.63) is 102 Å². The first-order valence-electron chi connectivity index (χ1n) is 9.00. The van der Waals surface area contributed by atoms with E-state index in [1.165, 1.54) is 11.6 Å². The van der Waals surface area contributed by atoms with E-state index in [1.54, 1.807) is 30.3 Å². The summed E-state index contributed by atoms with van der Waals surface area (Å²) in [5, 5.41) is 12.0. The zero-order valence-electron chi connectivity index (χ0n) is 15.3. The van der Waals surface area contributed by atoms with E-state index in [-0.39, 0.29) is 5.91 Å². The molecule has 3 rings (SSSR count). The van der Waals surface area contributed by atoms with Gasteiger partial charge in [-0.2, -0.15) is 5.26 Å². The van der Waals surface area contributed by atoms with Crippen LogP contribution in [0.15, 0.2) is 84.9 Å². The first-order chi connectivity index (χ1) is 13.8. The molecule has 4 heteroatoms. The number of nitrogens with zero attached hydrogens (tertiary/aromatic N) is 1. The molecule has 3 aromatic carbocycles. The van der Waals surface area contributed by atoms with Crippen LogP contribution in [-0.4, -0.2) is 12.5 Å². The predicted octanol–water partition coefficient (Wildman–Crippen LogP) is 4.83.